The first-order valence-corrected chi connectivity index (χ1v) is 9.37. The van der Waals surface area contributed by atoms with Gasteiger partial charge in [0.05, 0.1) is 11.2 Å². The highest BCUT2D eigenvalue weighted by Crippen LogP contribution is 2.33. The van der Waals surface area contributed by atoms with Crippen LogP contribution in [0.3, 0.4) is 0 Å². The minimum Gasteiger partial charge on any atom is -0.302 e. The lowest BCUT2D eigenvalue weighted by molar-refractivity contribution is 0.0965. The summed E-state index contributed by atoms with van der Waals surface area (Å²) in [6.07, 6.45) is 7.89. The van der Waals surface area contributed by atoms with Gasteiger partial charge in [0.2, 0.25) is 0 Å². The van der Waals surface area contributed by atoms with E-state index in [1.807, 2.05) is 59.8 Å². The molecule has 0 spiro atoms. The molecule has 1 aliphatic carbocycles. The normalized spacial score (nSPS) is 15.0. The minimum atomic E-state index is 0.0150. The van der Waals surface area contributed by atoms with Crippen molar-refractivity contribution < 1.29 is 4.79 Å². The van der Waals surface area contributed by atoms with E-state index < -0.39 is 0 Å². The second-order valence-electron chi connectivity index (χ2n) is 7.22. The first-order chi connectivity index (χ1) is 12.7. The maximum absolute atomic E-state index is 13.6. The number of carbonyl (C=O) groups is 1. The first-order valence-electron chi connectivity index (χ1n) is 9.37. The Labute approximate surface area is 153 Å². The van der Waals surface area contributed by atoms with Gasteiger partial charge >= 0.3 is 0 Å². The number of hydrogen-bond donors (Lipinski definition) is 0. The van der Waals surface area contributed by atoms with E-state index in [4.69, 9.17) is 0 Å². The van der Waals surface area contributed by atoms with Crippen molar-refractivity contribution in [3.63, 3.8) is 0 Å². The fraction of sp³-hybridized carbons (Fsp3) is 0.381. The molecule has 0 atom stereocenters. The summed E-state index contributed by atoms with van der Waals surface area (Å²) in [4.78, 5) is 20.1. The molecule has 1 aliphatic rings. The van der Waals surface area contributed by atoms with Crippen LogP contribution >= 0.6 is 0 Å². The molecule has 0 radical (unpaired) electrons. The zero-order valence-electron chi connectivity index (χ0n) is 15.3. The third-order valence-electron chi connectivity index (χ3n) is 5.16. The highest BCUT2D eigenvalue weighted by molar-refractivity contribution is 6.09. The maximum atomic E-state index is 13.6. The summed E-state index contributed by atoms with van der Waals surface area (Å²) in [7, 11) is 0. The highest BCUT2D eigenvalue weighted by atomic mass is 16.2. The van der Waals surface area contributed by atoms with Crippen LogP contribution in [-0.4, -0.2) is 26.7 Å². The molecule has 1 aromatic carbocycles. The smallest absolute Gasteiger partial charge is 0.276 e. The number of para-hydroxylation sites is 1. The van der Waals surface area contributed by atoms with Gasteiger partial charge in [-0.1, -0.05) is 31.0 Å². The third kappa shape index (κ3) is 2.87. The van der Waals surface area contributed by atoms with Crippen LogP contribution in [0.25, 0.3) is 10.9 Å². The molecule has 0 N–H and O–H groups in total. The molecule has 0 saturated heterocycles. The van der Waals surface area contributed by atoms with Crippen LogP contribution in [0.4, 0.5) is 5.69 Å². The third-order valence-corrected chi connectivity index (χ3v) is 5.16. The second kappa shape index (κ2) is 6.90. The standard InChI is InChI=1S/C21H24N4O/c1-15(2)25-19(12-14-23-25)21(26)24(17-9-3-4-10-17)18-11-5-7-16-8-6-13-22-20(16)18/h5-8,11-15,17H,3-4,9-10H2,1-2H3. The van der Waals surface area contributed by atoms with E-state index in [0.29, 0.717) is 5.69 Å². The zero-order valence-corrected chi connectivity index (χ0v) is 15.3. The van der Waals surface area contributed by atoms with Crippen molar-refractivity contribution >= 4 is 22.5 Å². The van der Waals surface area contributed by atoms with Crippen molar-refractivity contribution in [3.05, 3.63) is 54.5 Å². The minimum absolute atomic E-state index is 0.0150. The first kappa shape index (κ1) is 16.8. The summed E-state index contributed by atoms with van der Waals surface area (Å²) in [5.74, 6) is 0.0150. The molecule has 26 heavy (non-hydrogen) atoms. The average molecular weight is 348 g/mol. The maximum Gasteiger partial charge on any atom is 0.276 e. The summed E-state index contributed by atoms with van der Waals surface area (Å²) in [5.41, 5.74) is 2.42. The Morgan fingerprint density at radius 2 is 1.88 bits per heavy atom. The fourth-order valence-electron chi connectivity index (χ4n) is 3.94. The number of anilines is 1. The summed E-state index contributed by atoms with van der Waals surface area (Å²) < 4.78 is 1.81. The van der Waals surface area contributed by atoms with Crippen molar-refractivity contribution in [2.45, 2.75) is 51.6 Å². The number of fused-ring (bicyclic) bond motifs is 1. The number of rotatable bonds is 4. The van der Waals surface area contributed by atoms with Crippen LogP contribution in [0.1, 0.15) is 56.1 Å². The summed E-state index contributed by atoms with van der Waals surface area (Å²) in [5, 5.41) is 5.41. The highest BCUT2D eigenvalue weighted by Gasteiger charge is 2.32. The fourth-order valence-corrected chi connectivity index (χ4v) is 3.94. The van der Waals surface area contributed by atoms with Crippen LogP contribution in [0, 0.1) is 0 Å². The largest absolute Gasteiger partial charge is 0.302 e. The molecular weight excluding hydrogens is 324 g/mol. The van der Waals surface area contributed by atoms with Gasteiger partial charge in [-0.25, -0.2) is 0 Å². The molecule has 0 unspecified atom stereocenters. The number of hydrogen-bond acceptors (Lipinski definition) is 3. The van der Waals surface area contributed by atoms with Crippen LogP contribution in [-0.2, 0) is 0 Å². The van der Waals surface area contributed by atoms with Crippen molar-refractivity contribution in [2.75, 3.05) is 4.90 Å². The molecule has 5 heteroatoms. The van der Waals surface area contributed by atoms with Crippen molar-refractivity contribution in [2.24, 2.45) is 0 Å². The number of benzene rings is 1. The molecule has 4 rings (SSSR count). The van der Waals surface area contributed by atoms with Gasteiger partial charge in [-0.15, -0.1) is 0 Å². The van der Waals surface area contributed by atoms with E-state index >= 15 is 0 Å². The van der Waals surface area contributed by atoms with E-state index in [0.717, 1.165) is 42.3 Å². The van der Waals surface area contributed by atoms with Crippen molar-refractivity contribution in [1.29, 1.82) is 0 Å². The van der Waals surface area contributed by atoms with Crippen LogP contribution in [0.5, 0.6) is 0 Å². The van der Waals surface area contributed by atoms with Gasteiger partial charge in [0.15, 0.2) is 0 Å². The van der Waals surface area contributed by atoms with Gasteiger partial charge < -0.3 is 4.90 Å². The Kier molecular flexibility index (Phi) is 4.45. The molecule has 134 valence electrons. The lowest BCUT2D eigenvalue weighted by Gasteiger charge is -2.30. The Balaban J connectivity index is 1.85. The molecule has 0 aliphatic heterocycles. The monoisotopic (exact) mass is 348 g/mol. The second-order valence-corrected chi connectivity index (χ2v) is 7.22. The average Bonchev–Trinajstić information content (AvgIpc) is 3.34. The summed E-state index contributed by atoms with van der Waals surface area (Å²) in [6.45, 7) is 4.09. The molecule has 2 heterocycles. The Hall–Kier alpha value is -2.69. The number of amides is 1. The Morgan fingerprint density at radius 1 is 1.12 bits per heavy atom. The molecule has 5 nitrogen and oxygen atoms in total. The molecule has 3 aromatic rings. The molecular formula is C21H24N4O. The van der Waals surface area contributed by atoms with E-state index in [9.17, 15) is 4.79 Å². The van der Waals surface area contributed by atoms with Gasteiger partial charge in [-0.2, -0.15) is 5.10 Å². The SMILES string of the molecule is CC(C)n1nccc1C(=O)N(c1cccc2cccnc12)C1CCCC1. The number of aromatic nitrogens is 3. The molecule has 1 saturated carbocycles. The predicted octanol–water partition coefficient (Wildman–Crippen LogP) is 4.60. The van der Waals surface area contributed by atoms with Crippen molar-refractivity contribution in [1.82, 2.24) is 14.8 Å². The number of carbonyl (C=O) groups excluding carboxylic acids is 1. The van der Waals surface area contributed by atoms with Gasteiger partial charge in [-0.3, -0.25) is 14.5 Å². The predicted molar refractivity (Wildman–Crippen MR) is 103 cm³/mol. The van der Waals surface area contributed by atoms with E-state index in [-0.39, 0.29) is 18.0 Å². The van der Waals surface area contributed by atoms with E-state index in [1.165, 1.54) is 0 Å². The van der Waals surface area contributed by atoms with Gasteiger partial charge in [-0.05, 0) is 44.9 Å². The topological polar surface area (TPSA) is 51.0 Å². The Morgan fingerprint density at radius 3 is 2.65 bits per heavy atom. The summed E-state index contributed by atoms with van der Waals surface area (Å²) >= 11 is 0. The van der Waals surface area contributed by atoms with Crippen LogP contribution in [0.15, 0.2) is 48.8 Å². The molecule has 0 bridgehead atoms. The Bertz CT molecular complexity index is 919. The lowest BCUT2D eigenvalue weighted by atomic mass is 10.1. The number of pyridine rings is 1. The van der Waals surface area contributed by atoms with Crippen molar-refractivity contribution in [3.8, 4) is 0 Å². The van der Waals surface area contributed by atoms with Gasteiger partial charge in [0.1, 0.15) is 5.69 Å². The zero-order chi connectivity index (χ0) is 18.1. The van der Waals surface area contributed by atoms with E-state index in [2.05, 4.69) is 10.1 Å². The van der Waals surface area contributed by atoms with Gasteiger partial charge in [0.25, 0.3) is 5.91 Å². The van der Waals surface area contributed by atoms with E-state index in [1.54, 1.807) is 12.4 Å². The van der Waals surface area contributed by atoms with Crippen LogP contribution in [0.2, 0.25) is 0 Å². The molecule has 1 fully saturated rings. The van der Waals surface area contributed by atoms with Gasteiger partial charge in [0, 0.05) is 29.9 Å². The van der Waals surface area contributed by atoms with Crippen LogP contribution < -0.4 is 4.90 Å². The molecule has 1 amide bonds. The quantitative estimate of drug-likeness (QED) is 0.692. The summed E-state index contributed by atoms with van der Waals surface area (Å²) in [6, 6.07) is 12.2. The number of nitrogens with zero attached hydrogens (tertiary/aromatic N) is 4. The lowest BCUT2D eigenvalue weighted by Crippen LogP contribution is -2.40. The molecule has 2 aromatic heterocycles.